The molecule has 7 nitrogen and oxygen atoms in total. The van der Waals surface area contributed by atoms with Gasteiger partial charge in [-0.05, 0) is 31.9 Å². The normalized spacial score (nSPS) is 10.5. The van der Waals surface area contributed by atoms with Crippen LogP contribution in [0.1, 0.15) is 50.7 Å². The molecule has 28 heavy (non-hydrogen) atoms. The quantitative estimate of drug-likeness (QED) is 0.548. The lowest BCUT2D eigenvalue weighted by Crippen LogP contribution is -2.43. The summed E-state index contributed by atoms with van der Waals surface area (Å²) in [6.45, 7) is 7.67. The van der Waals surface area contributed by atoms with Gasteiger partial charge in [0.1, 0.15) is 5.00 Å². The number of aryl methyl sites for hydroxylation is 2. The zero-order chi connectivity index (χ0) is 20.8. The largest absolute Gasteiger partial charge is 0.462 e. The summed E-state index contributed by atoms with van der Waals surface area (Å²) in [4.78, 5) is 37.5. The molecular formula is C20H26N3O4S+. The Labute approximate surface area is 168 Å². The Hall–Kier alpha value is -2.74. The molecule has 0 saturated heterocycles. The van der Waals surface area contributed by atoms with Crippen LogP contribution in [0.4, 0.5) is 5.00 Å². The van der Waals surface area contributed by atoms with E-state index in [-0.39, 0.29) is 30.5 Å². The molecule has 0 atom stereocenters. The summed E-state index contributed by atoms with van der Waals surface area (Å²) in [5.41, 5.74) is 2.80. The van der Waals surface area contributed by atoms with Crippen LogP contribution >= 0.6 is 11.3 Å². The van der Waals surface area contributed by atoms with Crippen LogP contribution in [0.15, 0.2) is 18.3 Å². The summed E-state index contributed by atoms with van der Waals surface area (Å²) >= 11 is 1.07. The number of esters is 1. The van der Waals surface area contributed by atoms with E-state index in [1.54, 1.807) is 13.8 Å². The van der Waals surface area contributed by atoms with Crippen molar-refractivity contribution in [2.24, 2.45) is 0 Å². The van der Waals surface area contributed by atoms with Crippen LogP contribution in [-0.4, -0.2) is 31.4 Å². The number of anilines is 1. The SMILES string of the molecule is CCOC(=O)c1c(NC(=O)C[n+]2cc(CC)ccc2C)sc(C(=O)NC)c1C. The number of amides is 2. The number of ether oxygens (including phenoxy) is 1. The molecule has 0 aliphatic rings. The highest BCUT2D eigenvalue weighted by Gasteiger charge is 2.27. The van der Waals surface area contributed by atoms with Crippen LogP contribution < -0.4 is 15.2 Å². The number of aromatic nitrogens is 1. The van der Waals surface area contributed by atoms with E-state index >= 15 is 0 Å². The van der Waals surface area contributed by atoms with E-state index in [9.17, 15) is 14.4 Å². The first-order valence-electron chi connectivity index (χ1n) is 9.13. The fourth-order valence-electron chi connectivity index (χ4n) is 2.75. The molecule has 150 valence electrons. The maximum Gasteiger partial charge on any atom is 0.341 e. The van der Waals surface area contributed by atoms with Gasteiger partial charge in [0.25, 0.3) is 11.8 Å². The highest BCUT2D eigenvalue weighted by Crippen LogP contribution is 2.33. The van der Waals surface area contributed by atoms with Gasteiger partial charge in [-0.25, -0.2) is 4.79 Å². The van der Waals surface area contributed by atoms with Crippen molar-refractivity contribution in [1.29, 1.82) is 0 Å². The van der Waals surface area contributed by atoms with Gasteiger partial charge < -0.3 is 15.4 Å². The summed E-state index contributed by atoms with van der Waals surface area (Å²) in [5, 5.41) is 5.65. The molecule has 0 spiro atoms. The lowest BCUT2D eigenvalue weighted by molar-refractivity contribution is -0.690. The van der Waals surface area contributed by atoms with Crippen molar-refractivity contribution in [1.82, 2.24) is 5.32 Å². The standard InChI is InChI=1S/C20H25N3O4S/c1-6-14-9-8-12(3)23(10-14)11-15(24)22-19-16(20(26)27-7-2)13(4)17(28-19)18(25)21-5/h8-10H,6-7,11H2,1-5H3,(H-,21,22,24,25,26)/p+1. The molecule has 0 aliphatic heterocycles. The summed E-state index contributed by atoms with van der Waals surface area (Å²) in [5.74, 6) is -1.15. The van der Waals surface area contributed by atoms with Gasteiger partial charge in [-0.15, -0.1) is 11.3 Å². The van der Waals surface area contributed by atoms with Crippen molar-refractivity contribution in [3.8, 4) is 0 Å². The average Bonchev–Trinajstić information content (AvgIpc) is 2.98. The zero-order valence-corrected chi connectivity index (χ0v) is 17.7. The maximum atomic E-state index is 12.6. The van der Waals surface area contributed by atoms with Gasteiger partial charge in [-0.3, -0.25) is 9.59 Å². The van der Waals surface area contributed by atoms with Crippen LogP contribution in [0.3, 0.4) is 0 Å². The molecule has 2 aromatic heterocycles. The zero-order valence-electron chi connectivity index (χ0n) is 16.8. The Kier molecular flexibility index (Phi) is 7.28. The minimum absolute atomic E-state index is 0.105. The molecule has 2 N–H and O–H groups in total. The van der Waals surface area contributed by atoms with Gasteiger partial charge in [-0.1, -0.05) is 6.92 Å². The molecular weight excluding hydrogens is 378 g/mol. The molecule has 2 rings (SSSR count). The second-order valence-corrected chi connectivity index (χ2v) is 7.29. The highest BCUT2D eigenvalue weighted by molar-refractivity contribution is 7.18. The second kappa shape index (κ2) is 9.45. The van der Waals surface area contributed by atoms with Gasteiger partial charge in [0, 0.05) is 25.6 Å². The fraction of sp³-hybridized carbons (Fsp3) is 0.400. The Bertz CT molecular complexity index is 905. The number of rotatable bonds is 7. The first-order chi connectivity index (χ1) is 13.3. The topological polar surface area (TPSA) is 88.4 Å². The third-order valence-corrected chi connectivity index (χ3v) is 5.55. The molecule has 2 aromatic rings. The number of nitrogens with zero attached hydrogens (tertiary/aromatic N) is 1. The van der Waals surface area contributed by atoms with Crippen LogP contribution in [0.5, 0.6) is 0 Å². The summed E-state index contributed by atoms with van der Waals surface area (Å²) in [7, 11) is 1.52. The smallest absolute Gasteiger partial charge is 0.341 e. The Morgan fingerprint density at radius 2 is 1.89 bits per heavy atom. The average molecular weight is 405 g/mol. The minimum atomic E-state index is -0.557. The van der Waals surface area contributed by atoms with Gasteiger partial charge in [0.2, 0.25) is 6.54 Å². The molecule has 0 fully saturated rings. The van der Waals surface area contributed by atoms with Gasteiger partial charge in [-0.2, -0.15) is 4.57 Å². The van der Waals surface area contributed by atoms with Crippen LogP contribution in [0, 0.1) is 13.8 Å². The van der Waals surface area contributed by atoms with Crippen molar-refractivity contribution in [3.63, 3.8) is 0 Å². The minimum Gasteiger partial charge on any atom is -0.462 e. The molecule has 8 heteroatoms. The lowest BCUT2D eigenvalue weighted by Gasteiger charge is -2.07. The van der Waals surface area contributed by atoms with Crippen LogP contribution in [0.25, 0.3) is 0 Å². The van der Waals surface area contributed by atoms with E-state index < -0.39 is 5.97 Å². The fourth-order valence-corrected chi connectivity index (χ4v) is 3.91. The predicted molar refractivity (Wildman–Crippen MR) is 108 cm³/mol. The molecule has 0 bridgehead atoms. The number of pyridine rings is 1. The number of hydrogen-bond donors (Lipinski definition) is 2. The van der Waals surface area contributed by atoms with E-state index in [1.165, 1.54) is 7.05 Å². The van der Waals surface area contributed by atoms with E-state index in [0.29, 0.717) is 15.4 Å². The summed E-state index contributed by atoms with van der Waals surface area (Å²) in [6, 6.07) is 4.00. The molecule has 0 aromatic carbocycles. The first kappa shape index (κ1) is 21.6. The van der Waals surface area contributed by atoms with Crippen molar-refractivity contribution in [2.75, 3.05) is 19.0 Å². The van der Waals surface area contributed by atoms with E-state index in [1.807, 2.05) is 29.8 Å². The number of carbonyl (C=O) groups is 3. The molecule has 0 saturated carbocycles. The second-order valence-electron chi connectivity index (χ2n) is 6.27. The predicted octanol–water partition coefficient (Wildman–Crippen LogP) is 2.39. The van der Waals surface area contributed by atoms with Crippen molar-refractivity contribution in [2.45, 2.75) is 40.7 Å². The first-order valence-corrected chi connectivity index (χ1v) is 9.95. The van der Waals surface area contributed by atoms with Crippen LogP contribution in [0.2, 0.25) is 0 Å². The molecule has 0 unspecified atom stereocenters. The van der Waals surface area contributed by atoms with Gasteiger partial charge in [0.15, 0.2) is 11.9 Å². The summed E-state index contributed by atoms with van der Waals surface area (Å²) in [6.07, 6.45) is 2.81. The Morgan fingerprint density at radius 3 is 2.50 bits per heavy atom. The van der Waals surface area contributed by atoms with E-state index in [2.05, 4.69) is 17.6 Å². The number of thiophene rings is 1. The Morgan fingerprint density at radius 1 is 1.18 bits per heavy atom. The van der Waals surface area contributed by atoms with E-state index in [4.69, 9.17) is 4.74 Å². The van der Waals surface area contributed by atoms with Gasteiger partial charge in [0.05, 0.1) is 17.0 Å². The van der Waals surface area contributed by atoms with Crippen molar-refractivity contribution >= 4 is 34.1 Å². The molecule has 2 heterocycles. The molecule has 0 radical (unpaired) electrons. The van der Waals surface area contributed by atoms with Gasteiger partial charge >= 0.3 is 5.97 Å². The highest BCUT2D eigenvalue weighted by atomic mass is 32.1. The third kappa shape index (κ3) is 4.75. The molecule has 2 amide bonds. The number of nitrogens with one attached hydrogen (secondary N) is 2. The number of carbonyl (C=O) groups excluding carboxylic acids is 3. The Balaban J connectivity index is 2.32. The third-order valence-electron chi connectivity index (χ3n) is 4.35. The molecule has 0 aliphatic carbocycles. The maximum absolute atomic E-state index is 12.6. The number of hydrogen-bond acceptors (Lipinski definition) is 5. The lowest BCUT2D eigenvalue weighted by atomic mass is 10.1. The van der Waals surface area contributed by atoms with Crippen molar-refractivity contribution < 1.29 is 23.7 Å². The summed E-state index contributed by atoms with van der Waals surface area (Å²) < 4.78 is 6.96. The monoisotopic (exact) mass is 404 g/mol. The van der Waals surface area contributed by atoms with Crippen molar-refractivity contribution in [3.05, 3.63) is 45.6 Å². The van der Waals surface area contributed by atoms with E-state index in [0.717, 1.165) is 29.0 Å². The van der Waals surface area contributed by atoms with Crippen LogP contribution in [-0.2, 0) is 22.5 Å².